The van der Waals surface area contributed by atoms with Gasteiger partial charge >= 0.3 is 5.82 Å². The summed E-state index contributed by atoms with van der Waals surface area (Å²) in [5.74, 6) is -0.843. The summed E-state index contributed by atoms with van der Waals surface area (Å²) in [5, 5.41) is 9.38. The number of rotatable bonds is 0. The Morgan fingerprint density at radius 2 is 2.08 bits per heavy atom. The van der Waals surface area contributed by atoms with Crippen molar-refractivity contribution in [3.05, 3.63) is 28.3 Å². The van der Waals surface area contributed by atoms with Crippen LogP contribution in [0.5, 0.6) is 5.75 Å². The summed E-state index contributed by atoms with van der Waals surface area (Å²) in [6.07, 6.45) is 0. The van der Waals surface area contributed by atoms with E-state index >= 15 is 0 Å². The van der Waals surface area contributed by atoms with E-state index in [0.29, 0.717) is 5.56 Å². The molecule has 2 aromatic rings. The van der Waals surface area contributed by atoms with Gasteiger partial charge in [-0.05, 0) is 18.6 Å². The highest BCUT2D eigenvalue weighted by Crippen LogP contribution is 2.26. The minimum atomic E-state index is -0.800. The van der Waals surface area contributed by atoms with Crippen LogP contribution in [-0.4, -0.2) is 5.11 Å². The Bertz CT molecular complexity index is 477. The summed E-state index contributed by atoms with van der Waals surface area (Å²) in [7, 11) is 0. The molecular weight excluding hydrogens is 160 g/mol. The normalized spacial score (nSPS) is 10.8. The van der Waals surface area contributed by atoms with Crippen molar-refractivity contribution in [3.63, 3.8) is 0 Å². The molecule has 4 heteroatoms. The summed E-state index contributed by atoms with van der Waals surface area (Å²) in [6, 6.07) is 3.23. The standard InChI is InChI=1S/C8H6O4/c1-4-2-3-5-7(6(4)9)12-8(10)11-5/h2-3,9H,1H3. The third kappa shape index (κ3) is 0.812. The van der Waals surface area contributed by atoms with Gasteiger partial charge in [0, 0.05) is 0 Å². The van der Waals surface area contributed by atoms with Gasteiger partial charge in [-0.25, -0.2) is 4.79 Å². The first-order valence-corrected chi connectivity index (χ1v) is 3.40. The zero-order chi connectivity index (χ0) is 8.72. The quantitative estimate of drug-likeness (QED) is 0.642. The molecule has 0 aliphatic carbocycles. The van der Waals surface area contributed by atoms with E-state index in [2.05, 4.69) is 8.83 Å². The van der Waals surface area contributed by atoms with Gasteiger partial charge in [-0.1, -0.05) is 6.07 Å². The van der Waals surface area contributed by atoms with Gasteiger partial charge in [-0.15, -0.1) is 0 Å². The maximum Gasteiger partial charge on any atom is 0.519 e. The lowest BCUT2D eigenvalue weighted by molar-refractivity contribution is 0.400. The van der Waals surface area contributed by atoms with Gasteiger partial charge in [-0.2, -0.15) is 0 Å². The van der Waals surface area contributed by atoms with E-state index in [1.165, 1.54) is 0 Å². The maximum atomic E-state index is 10.6. The third-order valence-electron chi connectivity index (χ3n) is 1.68. The van der Waals surface area contributed by atoms with Crippen molar-refractivity contribution in [2.24, 2.45) is 0 Å². The minimum Gasteiger partial charge on any atom is -0.504 e. The Morgan fingerprint density at radius 3 is 2.83 bits per heavy atom. The van der Waals surface area contributed by atoms with Gasteiger partial charge in [0.05, 0.1) is 0 Å². The highest BCUT2D eigenvalue weighted by Gasteiger charge is 2.09. The lowest BCUT2D eigenvalue weighted by atomic mass is 10.2. The van der Waals surface area contributed by atoms with Gasteiger partial charge in [0.1, 0.15) is 0 Å². The molecule has 0 aliphatic heterocycles. The fourth-order valence-electron chi connectivity index (χ4n) is 1.02. The molecule has 0 aliphatic rings. The molecule has 0 amide bonds. The van der Waals surface area contributed by atoms with Crippen molar-refractivity contribution in [2.45, 2.75) is 6.92 Å². The smallest absolute Gasteiger partial charge is 0.504 e. The topological polar surface area (TPSA) is 63.6 Å². The Kier molecular flexibility index (Phi) is 1.24. The predicted molar refractivity (Wildman–Crippen MR) is 41.2 cm³/mol. The molecule has 2 rings (SSSR count). The number of aromatic hydroxyl groups is 1. The first-order chi connectivity index (χ1) is 5.68. The van der Waals surface area contributed by atoms with Crippen molar-refractivity contribution in [3.8, 4) is 5.75 Å². The average Bonchev–Trinajstić information content (AvgIpc) is 2.39. The van der Waals surface area contributed by atoms with Crippen LogP contribution >= 0.6 is 0 Å². The Morgan fingerprint density at radius 1 is 1.33 bits per heavy atom. The first kappa shape index (κ1) is 6.97. The molecule has 1 aromatic carbocycles. The van der Waals surface area contributed by atoms with E-state index in [4.69, 9.17) is 0 Å². The van der Waals surface area contributed by atoms with Crippen LogP contribution in [0.25, 0.3) is 11.2 Å². The number of hydrogen-bond donors (Lipinski definition) is 1. The summed E-state index contributed by atoms with van der Waals surface area (Å²) in [5.41, 5.74) is 1.02. The molecule has 0 unspecified atom stereocenters. The second-order valence-corrected chi connectivity index (χ2v) is 2.51. The van der Waals surface area contributed by atoms with Crippen molar-refractivity contribution < 1.29 is 13.9 Å². The van der Waals surface area contributed by atoms with Crippen LogP contribution in [0.3, 0.4) is 0 Å². The molecule has 0 spiro atoms. The van der Waals surface area contributed by atoms with Crippen LogP contribution in [-0.2, 0) is 0 Å². The average molecular weight is 166 g/mol. The van der Waals surface area contributed by atoms with Crippen molar-refractivity contribution >= 4 is 11.2 Å². The van der Waals surface area contributed by atoms with Crippen LogP contribution in [0.1, 0.15) is 5.56 Å². The molecule has 12 heavy (non-hydrogen) atoms. The number of phenols is 1. The highest BCUT2D eigenvalue weighted by molar-refractivity contribution is 5.78. The first-order valence-electron chi connectivity index (χ1n) is 3.40. The minimum absolute atomic E-state index is 0.0432. The lowest BCUT2D eigenvalue weighted by Crippen LogP contribution is -1.84. The van der Waals surface area contributed by atoms with Crippen LogP contribution in [0, 0.1) is 6.92 Å². The van der Waals surface area contributed by atoms with Gasteiger partial charge in [0.15, 0.2) is 11.3 Å². The molecular formula is C8H6O4. The molecule has 4 nitrogen and oxygen atoms in total. The van der Waals surface area contributed by atoms with Gasteiger partial charge < -0.3 is 13.9 Å². The fraction of sp³-hybridized carbons (Fsp3) is 0.125. The van der Waals surface area contributed by atoms with Crippen LogP contribution in [0.2, 0.25) is 0 Å². The van der Waals surface area contributed by atoms with E-state index in [0.717, 1.165) is 0 Å². The Hall–Kier alpha value is -1.71. The van der Waals surface area contributed by atoms with Crippen molar-refractivity contribution in [2.75, 3.05) is 0 Å². The summed E-state index contributed by atoms with van der Waals surface area (Å²) < 4.78 is 9.23. The molecule has 62 valence electrons. The van der Waals surface area contributed by atoms with Gasteiger partial charge in [-0.3, -0.25) is 0 Å². The second-order valence-electron chi connectivity index (χ2n) is 2.51. The largest absolute Gasteiger partial charge is 0.519 e. The third-order valence-corrected chi connectivity index (χ3v) is 1.68. The van der Waals surface area contributed by atoms with E-state index in [9.17, 15) is 9.90 Å². The predicted octanol–water partition coefficient (Wildman–Crippen LogP) is 1.40. The van der Waals surface area contributed by atoms with Crippen LogP contribution in [0.15, 0.2) is 25.8 Å². The molecule has 0 saturated carbocycles. The van der Waals surface area contributed by atoms with Gasteiger partial charge in [0.25, 0.3) is 0 Å². The molecule has 1 heterocycles. The van der Waals surface area contributed by atoms with Crippen molar-refractivity contribution in [1.82, 2.24) is 0 Å². The SMILES string of the molecule is Cc1ccc2oc(=O)oc2c1O. The summed E-state index contributed by atoms with van der Waals surface area (Å²) in [6.45, 7) is 1.71. The Labute approximate surface area is 67.0 Å². The van der Waals surface area contributed by atoms with E-state index in [1.54, 1.807) is 19.1 Å². The fourth-order valence-corrected chi connectivity index (χ4v) is 1.02. The molecule has 1 N–H and O–H groups in total. The van der Waals surface area contributed by atoms with Crippen LogP contribution in [0.4, 0.5) is 0 Å². The molecule has 1 aromatic heterocycles. The second kappa shape index (κ2) is 2.14. The monoisotopic (exact) mass is 166 g/mol. The van der Waals surface area contributed by atoms with E-state index in [-0.39, 0.29) is 16.9 Å². The molecule has 0 fully saturated rings. The van der Waals surface area contributed by atoms with Gasteiger partial charge in [0.2, 0.25) is 5.58 Å². The molecule has 0 radical (unpaired) electrons. The number of benzene rings is 1. The maximum absolute atomic E-state index is 10.6. The Balaban J connectivity index is 2.99. The molecule has 0 saturated heterocycles. The van der Waals surface area contributed by atoms with Crippen LogP contribution < -0.4 is 5.82 Å². The molecule has 0 atom stereocenters. The zero-order valence-corrected chi connectivity index (χ0v) is 6.33. The summed E-state index contributed by atoms with van der Waals surface area (Å²) >= 11 is 0. The molecule has 0 bridgehead atoms. The van der Waals surface area contributed by atoms with E-state index in [1.807, 2.05) is 0 Å². The number of phenolic OH excluding ortho intramolecular Hbond substituents is 1. The zero-order valence-electron chi connectivity index (χ0n) is 6.33. The number of fused-ring (bicyclic) bond motifs is 1. The lowest BCUT2D eigenvalue weighted by Gasteiger charge is -1.94. The highest BCUT2D eigenvalue weighted by atomic mass is 16.6. The van der Waals surface area contributed by atoms with Crippen molar-refractivity contribution in [1.29, 1.82) is 0 Å². The number of hydrogen-bond acceptors (Lipinski definition) is 4. The summed E-state index contributed by atoms with van der Waals surface area (Å²) in [4.78, 5) is 10.6. The number of aryl methyl sites for hydroxylation is 1. The van der Waals surface area contributed by atoms with E-state index < -0.39 is 5.82 Å².